The van der Waals surface area contributed by atoms with Crippen LogP contribution in [-0.4, -0.2) is 74.6 Å². The van der Waals surface area contributed by atoms with Crippen LogP contribution in [0.3, 0.4) is 0 Å². The van der Waals surface area contributed by atoms with E-state index in [0.717, 1.165) is 17.9 Å². The molecule has 244 valence electrons. The van der Waals surface area contributed by atoms with Gasteiger partial charge in [-0.2, -0.15) is 4.80 Å². The molecule has 2 aromatic heterocycles. The highest BCUT2D eigenvalue weighted by Gasteiger charge is 2.26. The summed E-state index contributed by atoms with van der Waals surface area (Å²) < 4.78 is 63.7. The Morgan fingerprint density at radius 1 is 1.00 bits per heavy atom. The van der Waals surface area contributed by atoms with Gasteiger partial charge in [0.1, 0.15) is 12.5 Å². The minimum Gasteiger partial charge on any atom is -0.497 e. The second-order valence-electron chi connectivity index (χ2n) is 12.0. The minimum atomic E-state index is -4.26. The van der Waals surface area contributed by atoms with Gasteiger partial charge in [-0.1, -0.05) is 55.5 Å². The Bertz CT molecular complexity index is 2130. The van der Waals surface area contributed by atoms with Crippen LogP contribution in [0.2, 0.25) is 30.7 Å². The number of methoxy groups -OCH3 is 1. The molecule has 0 radical (unpaired) electrons. The Hall–Kier alpha value is -3.67. The van der Waals surface area contributed by atoms with Crippen molar-refractivity contribution >= 4 is 50.6 Å². The quantitative estimate of drug-likeness (QED) is 0.145. The van der Waals surface area contributed by atoms with Crippen molar-refractivity contribution in [3.8, 4) is 28.3 Å². The predicted octanol–water partition coefficient (Wildman–Crippen LogP) is 4.43. The molecule has 2 N–H and O–H groups in total. The number of ether oxygens (including phenoxy) is 2. The number of aromatic nitrogens is 6. The van der Waals surface area contributed by atoms with Crippen molar-refractivity contribution in [2.45, 2.75) is 49.0 Å². The molecule has 2 heterocycles. The first-order valence-electron chi connectivity index (χ1n) is 14.1. The van der Waals surface area contributed by atoms with E-state index in [1.54, 1.807) is 31.4 Å². The highest BCUT2D eigenvalue weighted by Crippen LogP contribution is 2.40. The second kappa shape index (κ2) is 12.8. The fraction of sp³-hybridized carbons (Fsp3) is 0.310. The molecule has 0 atom stereocenters. The fourth-order valence-electron chi connectivity index (χ4n) is 4.80. The summed E-state index contributed by atoms with van der Waals surface area (Å²) in [4.78, 5) is 5.45. The number of primary sulfonamides is 1. The van der Waals surface area contributed by atoms with E-state index >= 15 is 0 Å². The van der Waals surface area contributed by atoms with E-state index in [1.165, 1.54) is 27.6 Å². The monoisotopic (exact) mass is 703 g/mol. The van der Waals surface area contributed by atoms with Gasteiger partial charge in [0.05, 0.1) is 40.2 Å². The zero-order chi connectivity index (χ0) is 33.4. The first kappa shape index (κ1) is 33.7. The summed E-state index contributed by atoms with van der Waals surface area (Å²) in [6, 6.07) is 15.9. The number of sulfonamides is 1. The molecule has 13 nitrogen and oxygen atoms in total. The van der Waals surface area contributed by atoms with Gasteiger partial charge in [-0.15, -0.1) is 10.2 Å². The van der Waals surface area contributed by atoms with Crippen molar-refractivity contribution in [2.24, 2.45) is 5.14 Å². The lowest BCUT2D eigenvalue weighted by Crippen LogP contribution is -2.22. The van der Waals surface area contributed by atoms with Crippen LogP contribution in [0.5, 0.6) is 5.75 Å². The molecular formula is C29H34ClN7O6S2Si. The topological polar surface area (TPSA) is 174 Å². The molecule has 0 fully saturated rings. The Balaban J connectivity index is 1.63. The van der Waals surface area contributed by atoms with Crippen LogP contribution in [0.1, 0.15) is 5.56 Å². The lowest BCUT2D eigenvalue weighted by Gasteiger charge is -2.16. The van der Waals surface area contributed by atoms with Crippen LogP contribution >= 0.6 is 11.6 Å². The summed E-state index contributed by atoms with van der Waals surface area (Å²) in [7, 11) is -7.84. The molecular weight excluding hydrogens is 670 g/mol. The molecule has 0 saturated heterocycles. The SMILES string of the molecule is COc1ccc(Cn2nnc(-c3c(-c4cc5c(cc4Cl)nc(S(C)(=O)=O)n5COCC[Si](C)(C)C)cccc3S(N)(=O)=O)n2)cc1. The predicted molar refractivity (Wildman–Crippen MR) is 178 cm³/mol. The molecule has 0 saturated carbocycles. The molecule has 5 rings (SSSR count). The molecule has 0 aliphatic heterocycles. The van der Waals surface area contributed by atoms with Gasteiger partial charge in [0.25, 0.3) is 0 Å². The first-order chi connectivity index (χ1) is 21.5. The van der Waals surface area contributed by atoms with Crippen molar-refractivity contribution in [1.82, 2.24) is 29.8 Å². The number of hydrogen-bond donors (Lipinski definition) is 1. The Labute approximate surface area is 273 Å². The molecule has 0 bridgehead atoms. The van der Waals surface area contributed by atoms with E-state index in [0.29, 0.717) is 34.5 Å². The summed E-state index contributed by atoms with van der Waals surface area (Å²) in [5.41, 5.74) is 2.43. The third kappa shape index (κ3) is 7.48. The van der Waals surface area contributed by atoms with E-state index < -0.39 is 27.9 Å². The number of benzene rings is 3. The van der Waals surface area contributed by atoms with Crippen LogP contribution < -0.4 is 9.88 Å². The van der Waals surface area contributed by atoms with Crippen LogP contribution in [0.4, 0.5) is 0 Å². The molecule has 0 aliphatic carbocycles. The summed E-state index contributed by atoms with van der Waals surface area (Å²) in [5.74, 6) is 0.698. The Kier molecular flexibility index (Phi) is 9.41. The van der Waals surface area contributed by atoms with Gasteiger partial charge in [-0.05, 0) is 52.7 Å². The molecule has 5 aromatic rings. The molecule has 0 spiro atoms. The maximum atomic E-state index is 12.8. The Morgan fingerprint density at radius 3 is 2.35 bits per heavy atom. The van der Waals surface area contributed by atoms with Gasteiger partial charge >= 0.3 is 0 Å². The minimum absolute atomic E-state index is 0.00399. The standard InChI is InChI=1S/C29H34ClN7O6S2Si/c1-42-20-11-9-19(10-12-20)17-37-34-28(33-35-37)27-21(7-6-8-26(27)45(31,40)41)22-15-25-24(16-23(22)30)32-29(44(2,38)39)36(25)18-43-13-14-46(3,4)5/h6-12,15-16H,13-14,17-18H2,1-5H3,(H2,31,40,41). The summed E-state index contributed by atoms with van der Waals surface area (Å²) >= 11 is 6.78. The lowest BCUT2D eigenvalue weighted by molar-refractivity contribution is 0.0838. The molecule has 3 aromatic carbocycles. The highest BCUT2D eigenvalue weighted by molar-refractivity contribution is 7.90. The summed E-state index contributed by atoms with van der Waals surface area (Å²) in [5, 5.41) is 18.5. The van der Waals surface area contributed by atoms with Crippen molar-refractivity contribution in [1.29, 1.82) is 0 Å². The van der Waals surface area contributed by atoms with Crippen molar-refractivity contribution < 1.29 is 26.3 Å². The van der Waals surface area contributed by atoms with E-state index in [9.17, 15) is 16.8 Å². The number of hydrogen-bond acceptors (Lipinski definition) is 10. The van der Waals surface area contributed by atoms with Crippen LogP contribution in [0, 0.1) is 0 Å². The van der Waals surface area contributed by atoms with Gasteiger partial charge in [0.15, 0.2) is 0 Å². The van der Waals surface area contributed by atoms with Crippen molar-refractivity contribution in [3.63, 3.8) is 0 Å². The number of rotatable bonds is 12. The number of halogens is 1. The van der Waals surface area contributed by atoms with Gasteiger partial charge in [0.2, 0.25) is 30.8 Å². The zero-order valence-electron chi connectivity index (χ0n) is 25.9. The maximum absolute atomic E-state index is 12.8. The van der Waals surface area contributed by atoms with Gasteiger partial charge in [-0.25, -0.2) is 27.0 Å². The summed E-state index contributed by atoms with van der Waals surface area (Å²) in [6.45, 7) is 7.31. The third-order valence-corrected chi connectivity index (χ3v) is 11.1. The zero-order valence-corrected chi connectivity index (χ0v) is 29.3. The van der Waals surface area contributed by atoms with Crippen molar-refractivity contribution in [2.75, 3.05) is 20.0 Å². The molecule has 46 heavy (non-hydrogen) atoms. The number of tetrazole rings is 1. The normalized spacial score (nSPS) is 12.6. The molecule has 0 unspecified atom stereocenters. The number of nitrogens with two attached hydrogens (primary N) is 1. The second-order valence-corrected chi connectivity index (χ2v) is 21.4. The third-order valence-electron chi connectivity index (χ3n) is 7.13. The van der Waals surface area contributed by atoms with Crippen LogP contribution in [0.15, 0.2) is 64.6 Å². The Morgan fingerprint density at radius 2 is 1.72 bits per heavy atom. The number of nitrogens with zero attached hydrogens (tertiary/aromatic N) is 6. The number of fused-ring (bicyclic) bond motifs is 1. The van der Waals surface area contributed by atoms with E-state index in [-0.39, 0.29) is 39.7 Å². The van der Waals surface area contributed by atoms with Crippen molar-refractivity contribution in [3.05, 3.63) is 65.2 Å². The number of sulfone groups is 1. The number of imidazole rings is 1. The van der Waals surface area contributed by atoms with Crippen LogP contribution in [-0.2, 0) is 37.9 Å². The molecule has 17 heteroatoms. The fourth-order valence-corrected chi connectivity index (χ4v) is 7.39. The van der Waals surface area contributed by atoms with E-state index in [1.807, 2.05) is 12.1 Å². The van der Waals surface area contributed by atoms with Gasteiger partial charge < -0.3 is 9.47 Å². The van der Waals surface area contributed by atoms with E-state index in [2.05, 4.69) is 40.0 Å². The average molecular weight is 704 g/mol. The first-order valence-corrected chi connectivity index (χ1v) is 21.6. The van der Waals surface area contributed by atoms with Gasteiger partial charge in [-0.3, -0.25) is 4.57 Å². The maximum Gasteiger partial charge on any atom is 0.238 e. The smallest absolute Gasteiger partial charge is 0.238 e. The van der Waals surface area contributed by atoms with E-state index in [4.69, 9.17) is 26.2 Å². The molecule has 0 amide bonds. The highest BCUT2D eigenvalue weighted by atomic mass is 35.5. The average Bonchev–Trinajstić information content (AvgIpc) is 3.58. The lowest BCUT2D eigenvalue weighted by atomic mass is 9.98. The largest absolute Gasteiger partial charge is 0.497 e. The van der Waals surface area contributed by atoms with Crippen LogP contribution in [0.25, 0.3) is 33.5 Å². The van der Waals surface area contributed by atoms with Gasteiger partial charge in [0, 0.05) is 26.5 Å². The summed E-state index contributed by atoms with van der Waals surface area (Å²) in [6.07, 6.45) is 1.07. The molecule has 0 aliphatic rings.